The summed E-state index contributed by atoms with van der Waals surface area (Å²) < 4.78 is 5.52. The summed E-state index contributed by atoms with van der Waals surface area (Å²) in [5.41, 5.74) is 4.76. The maximum Gasteiger partial charge on any atom is 0.330 e. The SMILES string of the molecule is O=C(NCC(NC(=O)c1c(Cl)cc2c(c1Cl)CCN(Cc1ccccc1)C2=O)C(=O)OCc1ccccc1)N[C@@H]1CCc2ccccc21. The van der Waals surface area contributed by atoms with Gasteiger partial charge in [0.1, 0.15) is 12.6 Å². The lowest BCUT2D eigenvalue weighted by Gasteiger charge is -2.30. The van der Waals surface area contributed by atoms with Crippen LogP contribution < -0.4 is 16.0 Å². The predicted molar refractivity (Wildman–Crippen MR) is 183 cm³/mol. The molecule has 0 spiro atoms. The quantitative estimate of drug-likeness (QED) is 0.177. The first-order valence-electron chi connectivity index (χ1n) is 15.8. The zero-order valence-electron chi connectivity index (χ0n) is 26.0. The average Bonchev–Trinajstić information content (AvgIpc) is 3.50. The number of nitrogens with one attached hydrogen (secondary N) is 3. The largest absolute Gasteiger partial charge is 0.459 e. The minimum absolute atomic E-state index is 0.0287. The third kappa shape index (κ3) is 7.48. The number of carbonyl (C=O) groups excluding carboxylic acids is 4. The first-order valence-corrected chi connectivity index (χ1v) is 16.5. The van der Waals surface area contributed by atoms with Crippen LogP contribution in [0.3, 0.4) is 0 Å². The number of rotatable bonds is 10. The Kier molecular flexibility index (Phi) is 10.3. The van der Waals surface area contributed by atoms with Crippen LogP contribution in [-0.4, -0.2) is 47.8 Å². The molecule has 6 rings (SSSR count). The van der Waals surface area contributed by atoms with Crippen LogP contribution in [0.4, 0.5) is 4.79 Å². The summed E-state index contributed by atoms with van der Waals surface area (Å²) in [5.74, 6) is -1.73. The molecule has 4 aromatic carbocycles. The van der Waals surface area contributed by atoms with E-state index in [1.165, 1.54) is 11.6 Å². The lowest BCUT2D eigenvalue weighted by atomic mass is 9.95. The number of benzene rings is 4. The van der Waals surface area contributed by atoms with Crippen molar-refractivity contribution in [3.63, 3.8) is 0 Å². The molecule has 9 nitrogen and oxygen atoms in total. The number of ether oxygens (including phenoxy) is 1. The fraction of sp³-hybridized carbons (Fsp3) is 0.243. The van der Waals surface area contributed by atoms with Crippen molar-refractivity contribution in [3.05, 3.63) is 140 Å². The first kappa shape index (κ1) is 33.1. The second kappa shape index (κ2) is 14.9. The molecule has 0 fully saturated rings. The second-order valence-electron chi connectivity index (χ2n) is 11.8. The van der Waals surface area contributed by atoms with Crippen LogP contribution in [0.2, 0.25) is 10.0 Å². The van der Waals surface area contributed by atoms with Gasteiger partial charge in [0.05, 0.1) is 28.2 Å². The van der Waals surface area contributed by atoms with E-state index in [4.69, 9.17) is 27.9 Å². The van der Waals surface area contributed by atoms with E-state index in [-0.39, 0.29) is 40.7 Å². The van der Waals surface area contributed by atoms with Crippen LogP contribution in [0, 0.1) is 0 Å². The molecule has 3 N–H and O–H groups in total. The molecule has 0 saturated heterocycles. The zero-order chi connectivity index (χ0) is 33.6. The van der Waals surface area contributed by atoms with Gasteiger partial charge in [-0.05, 0) is 53.1 Å². The number of hydrogen-bond donors (Lipinski definition) is 3. The van der Waals surface area contributed by atoms with Crippen molar-refractivity contribution >= 4 is 47.0 Å². The fourth-order valence-electron chi connectivity index (χ4n) is 6.14. The van der Waals surface area contributed by atoms with E-state index in [1.54, 1.807) is 17.0 Å². The Morgan fingerprint density at radius 3 is 2.33 bits per heavy atom. The van der Waals surface area contributed by atoms with Gasteiger partial charge >= 0.3 is 12.0 Å². The summed E-state index contributed by atoms with van der Waals surface area (Å²) in [4.78, 5) is 55.1. The van der Waals surface area contributed by atoms with Crippen molar-refractivity contribution in [1.29, 1.82) is 0 Å². The average molecular weight is 686 g/mol. The van der Waals surface area contributed by atoms with E-state index < -0.39 is 23.9 Å². The highest BCUT2D eigenvalue weighted by Crippen LogP contribution is 2.35. The number of nitrogens with zero attached hydrogens (tertiary/aromatic N) is 1. The van der Waals surface area contributed by atoms with E-state index >= 15 is 0 Å². The Hall–Kier alpha value is -4.86. The van der Waals surface area contributed by atoms with Gasteiger partial charge in [0.25, 0.3) is 11.8 Å². The normalized spacial score (nSPS) is 15.6. The van der Waals surface area contributed by atoms with Crippen LogP contribution in [0.5, 0.6) is 0 Å². The van der Waals surface area contributed by atoms with Gasteiger partial charge in [0, 0.05) is 18.7 Å². The second-order valence-corrected chi connectivity index (χ2v) is 12.6. The number of aryl methyl sites for hydroxylation is 1. The highest BCUT2D eigenvalue weighted by molar-refractivity contribution is 6.41. The standard InChI is InChI=1S/C37H34Cl2N4O5/c38-29-19-28-27(17-18-43(35(28)45)21-23-9-3-1-4-10-23)33(39)32(29)34(44)41-31(36(46)48-22-24-11-5-2-6-12-24)20-40-37(47)42-30-16-15-25-13-7-8-14-26(25)30/h1-14,19,30-31H,15-18,20-22H2,(H,41,44)(H2,40,42,47)/t30-,31?/m1/s1. The summed E-state index contributed by atoms with van der Waals surface area (Å²) in [6.45, 7) is 0.547. The topological polar surface area (TPSA) is 117 Å². The number of hydrogen-bond acceptors (Lipinski definition) is 5. The molecule has 1 heterocycles. The van der Waals surface area contributed by atoms with Gasteiger partial charge in [-0.3, -0.25) is 9.59 Å². The van der Waals surface area contributed by atoms with Gasteiger partial charge in [-0.15, -0.1) is 0 Å². The molecule has 1 aliphatic heterocycles. The molecular weight excluding hydrogens is 651 g/mol. The number of esters is 1. The van der Waals surface area contributed by atoms with Crippen molar-refractivity contribution in [2.45, 2.75) is 44.5 Å². The molecule has 2 atom stereocenters. The molecule has 0 saturated carbocycles. The lowest BCUT2D eigenvalue weighted by Crippen LogP contribution is -2.51. The van der Waals surface area contributed by atoms with Crippen molar-refractivity contribution in [2.75, 3.05) is 13.1 Å². The molecule has 4 aromatic rings. The molecular formula is C37H34Cl2N4O5. The molecule has 0 bridgehead atoms. The van der Waals surface area contributed by atoms with Crippen LogP contribution in [0.15, 0.2) is 91.0 Å². The lowest BCUT2D eigenvalue weighted by molar-refractivity contribution is -0.147. The Morgan fingerprint density at radius 2 is 1.58 bits per heavy atom. The van der Waals surface area contributed by atoms with Crippen molar-refractivity contribution in [1.82, 2.24) is 20.9 Å². The number of amides is 4. The summed E-state index contributed by atoms with van der Waals surface area (Å²) in [7, 11) is 0. The smallest absolute Gasteiger partial charge is 0.330 e. The molecule has 1 unspecified atom stereocenters. The molecule has 2 aliphatic rings. The zero-order valence-corrected chi connectivity index (χ0v) is 27.5. The van der Waals surface area contributed by atoms with Crippen LogP contribution in [0.1, 0.15) is 61.0 Å². The van der Waals surface area contributed by atoms with Crippen molar-refractivity contribution in [3.8, 4) is 0 Å². The minimum atomic E-state index is -1.27. The van der Waals surface area contributed by atoms with Gasteiger partial charge in [-0.25, -0.2) is 9.59 Å². The Labute approximate surface area is 288 Å². The molecule has 11 heteroatoms. The Balaban J connectivity index is 1.16. The van der Waals surface area contributed by atoms with E-state index in [1.807, 2.05) is 72.8 Å². The Bertz CT molecular complexity index is 1840. The monoisotopic (exact) mass is 684 g/mol. The van der Waals surface area contributed by atoms with Gasteiger partial charge in [-0.1, -0.05) is 108 Å². The Morgan fingerprint density at radius 1 is 0.896 bits per heavy atom. The van der Waals surface area contributed by atoms with Gasteiger partial charge in [0.2, 0.25) is 0 Å². The summed E-state index contributed by atoms with van der Waals surface area (Å²) in [6.07, 6.45) is 2.03. The minimum Gasteiger partial charge on any atom is -0.459 e. The van der Waals surface area contributed by atoms with Crippen molar-refractivity contribution < 1.29 is 23.9 Å². The summed E-state index contributed by atoms with van der Waals surface area (Å²) in [5, 5.41) is 8.33. The maximum absolute atomic E-state index is 13.7. The van der Waals surface area contributed by atoms with Crippen LogP contribution in [-0.2, 0) is 35.5 Å². The molecule has 0 radical (unpaired) electrons. The van der Waals surface area contributed by atoms with E-state index in [9.17, 15) is 19.2 Å². The van der Waals surface area contributed by atoms with E-state index in [2.05, 4.69) is 16.0 Å². The molecule has 1 aliphatic carbocycles. The summed E-state index contributed by atoms with van der Waals surface area (Å²) >= 11 is 13.3. The molecule has 48 heavy (non-hydrogen) atoms. The number of fused-ring (bicyclic) bond motifs is 2. The fourth-order valence-corrected chi connectivity index (χ4v) is 6.86. The van der Waals surface area contributed by atoms with Crippen molar-refractivity contribution in [2.24, 2.45) is 0 Å². The van der Waals surface area contributed by atoms with Gasteiger partial charge < -0.3 is 25.6 Å². The third-order valence-corrected chi connectivity index (χ3v) is 9.35. The summed E-state index contributed by atoms with van der Waals surface area (Å²) in [6, 6.07) is 26.2. The van der Waals surface area contributed by atoms with E-state index in [0.717, 1.165) is 29.5 Å². The first-order chi connectivity index (χ1) is 23.3. The highest BCUT2D eigenvalue weighted by atomic mass is 35.5. The number of carbonyl (C=O) groups is 4. The van der Waals surface area contributed by atoms with E-state index in [0.29, 0.717) is 30.6 Å². The predicted octanol–water partition coefficient (Wildman–Crippen LogP) is 6.02. The number of halogens is 2. The molecule has 246 valence electrons. The third-order valence-electron chi connectivity index (χ3n) is 8.63. The van der Waals surface area contributed by atoms with Crippen LogP contribution >= 0.6 is 23.2 Å². The molecule has 0 aromatic heterocycles. The van der Waals surface area contributed by atoms with Gasteiger partial charge in [0.15, 0.2) is 0 Å². The van der Waals surface area contributed by atoms with Gasteiger partial charge in [-0.2, -0.15) is 0 Å². The maximum atomic E-state index is 13.7. The van der Waals surface area contributed by atoms with Crippen LogP contribution in [0.25, 0.3) is 0 Å². The number of urea groups is 1. The molecule has 4 amide bonds. The highest BCUT2D eigenvalue weighted by Gasteiger charge is 2.32.